The molecule has 1 aliphatic heterocycles. The van der Waals surface area contributed by atoms with Crippen molar-refractivity contribution in [2.45, 2.75) is 49.0 Å². The summed E-state index contributed by atoms with van der Waals surface area (Å²) in [5.74, 6) is 0.198. The Morgan fingerprint density at radius 3 is 2.68 bits per heavy atom. The highest BCUT2D eigenvalue weighted by Gasteiger charge is 2.34. The van der Waals surface area contributed by atoms with Gasteiger partial charge in [-0.2, -0.15) is 0 Å². The fraction of sp³-hybridized carbons (Fsp3) is 0.391. The van der Waals surface area contributed by atoms with E-state index in [-0.39, 0.29) is 23.4 Å². The first-order valence-electron chi connectivity index (χ1n) is 11.0. The molecule has 0 spiro atoms. The number of methoxy groups -OCH3 is 1. The second-order valence-electron chi connectivity index (χ2n) is 8.10. The lowest BCUT2D eigenvalue weighted by Crippen LogP contribution is -2.50. The van der Waals surface area contributed by atoms with Crippen LogP contribution in [0.3, 0.4) is 0 Å². The topological polar surface area (TPSA) is 116 Å². The number of halogens is 1. The largest absolute Gasteiger partial charge is 0.497 e. The number of nitrogens with zero attached hydrogens (tertiary/aromatic N) is 3. The minimum Gasteiger partial charge on any atom is -0.497 e. The number of hydrogen-bond acceptors (Lipinski definition) is 7. The van der Waals surface area contributed by atoms with E-state index in [1.54, 1.807) is 41.2 Å². The normalized spacial score (nSPS) is 20.9. The summed E-state index contributed by atoms with van der Waals surface area (Å²) in [5.41, 5.74) is 0.832. The van der Waals surface area contributed by atoms with E-state index in [9.17, 15) is 17.9 Å². The number of rotatable bonds is 9. The maximum Gasteiger partial charge on any atom is 0.240 e. The number of aliphatic hydroxyl groups excluding tert-OH is 1. The van der Waals surface area contributed by atoms with Crippen LogP contribution in [0, 0.1) is 5.82 Å². The van der Waals surface area contributed by atoms with Crippen LogP contribution < -0.4 is 9.46 Å². The molecule has 2 N–H and O–H groups in total. The summed E-state index contributed by atoms with van der Waals surface area (Å²) >= 11 is 0. The second kappa shape index (κ2) is 10.6. The third-order valence-electron chi connectivity index (χ3n) is 5.84. The summed E-state index contributed by atoms with van der Waals surface area (Å²) in [4.78, 5) is 0.115. The lowest BCUT2D eigenvalue weighted by atomic mass is 9.98. The summed E-state index contributed by atoms with van der Waals surface area (Å²) in [5, 5.41) is 17.9. The average Bonchev–Trinajstić information content (AvgIpc) is 3.32. The predicted octanol–water partition coefficient (Wildman–Crippen LogP) is 2.37. The fourth-order valence-corrected chi connectivity index (χ4v) is 5.28. The summed E-state index contributed by atoms with van der Waals surface area (Å²) in [7, 11) is -2.27. The first-order valence-corrected chi connectivity index (χ1v) is 12.5. The van der Waals surface area contributed by atoms with E-state index in [1.807, 2.05) is 0 Å². The molecule has 0 amide bonds. The quantitative estimate of drug-likeness (QED) is 0.473. The molecule has 0 bridgehead atoms. The summed E-state index contributed by atoms with van der Waals surface area (Å²) < 4.78 is 54.8. The number of hydrogen-bond donors (Lipinski definition) is 2. The molecule has 11 heteroatoms. The molecule has 0 radical (unpaired) electrons. The van der Waals surface area contributed by atoms with Crippen molar-refractivity contribution in [3.8, 4) is 17.0 Å². The number of sulfonamides is 1. The Hall–Kier alpha value is -2.86. The summed E-state index contributed by atoms with van der Waals surface area (Å²) in [6.45, 7) is 0.180. The highest BCUT2D eigenvalue weighted by molar-refractivity contribution is 7.89. The number of aromatic nitrogens is 3. The van der Waals surface area contributed by atoms with Gasteiger partial charge in [0.2, 0.25) is 10.0 Å². The van der Waals surface area contributed by atoms with E-state index in [0.29, 0.717) is 42.8 Å². The molecule has 0 saturated carbocycles. The Kier molecular flexibility index (Phi) is 7.57. The van der Waals surface area contributed by atoms with Gasteiger partial charge in [-0.05, 0) is 55.7 Å². The van der Waals surface area contributed by atoms with Crippen molar-refractivity contribution in [2.75, 3.05) is 13.7 Å². The van der Waals surface area contributed by atoms with Gasteiger partial charge in [-0.1, -0.05) is 17.3 Å². The van der Waals surface area contributed by atoms with Gasteiger partial charge in [-0.15, -0.1) is 5.10 Å². The zero-order valence-electron chi connectivity index (χ0n) is 18.7. The van der Waals surface area contributed by atoms with Crippen LogP contribution >= 0.6 is 0 Å². The van der Waals surface area contributed by atoms with Crippen molar-refractivity contribution in [1.29, 1.82) is 0 Å². The number of ether oxygens (including phenoxy) is 2. The zero-order valence-corrected chi connectivity index (χ0v) is 19.5. The van der Waals surface area contributed by atoms with Crippen LogP contribution in [-0.4, -0.2) is 60.5 Å². The van der Waals surface area contributed by atoms with Crippen molar-refractivity contribution in [3.05, 3.63) is 60.5 Å². The molecule has 1 saturated heterocycles. The standard InChI is InChI=1S/C23H27FN4O5S/c1-32-16-6-9-18(10-7-16)34(30,31)26-21-11-8-17(33-23(21)15-29)12-13-28-14-22(25-27-28)19-4-2-3-5-20(19)24/h2-7,9-10,14,17,21,23,26,29H,8,11-13,15H2,1H3/t17-,21+,23+/m1/s1. The highest BCUT2D eigenvalue weighted by Crippen LogP contribution is 2.25. The third kappa shape index (κ3) is 5.61. The molecule has 2 aromatic carbocycles. The Morgan fingerprint density at radius 2 is 1.97 bits per heavy atom. The van der Waals surface area contributed by atoms with Crippen LogP contribution in [0.1, 0.15) is 19.3 Å². The van der Waals surface area contributed by atoms with Crippen LogP contribution in [0.2, 0.25) is 0 Å². The van der Waals surface area contributed by atoms with Gasteiger partial charge in [0.05, 0.1) is 43.1 Å². The first kappa shape index (κ1) is 24.3. The van der Waals surface area contributed by atoms with Gasteiger partial charge in [-0.3, -0.25) is 4.68 Å². The van der Waals surface area contributed by atoms with Gasteiger partial charge in [0.15, 0.2) is 0 Å². The Morgan fingerprint density at radius 1 is 1.21 bits per heavy atom. The maximum atomic E-state index is 14.0. The van der Waals surface area contributed by atoms with Crippen molar-refractivity contribution in [3.63, 3.8) is 0 Å². The minimum absolute atomic E-state index is 0.115. The van der Waals surface area contributed by atoms with E-state index in [1.165, 1.54) is 25.3 Å². The van der Waals surface area contributed by atoms with Gasteiger partial charge in [-0.25, -0.2) is 17.5 Å². The molecule has 9 nitrogen and oxygen atoms in total. The molecule has 0 aliphatic carbocycles. The Labute approximate surface area is 197 Å². The molecule has 3 atom stereocenters. The molecular weight excluding hydrogens is 463 g/mol. The lowest BCUT2D eigenvalue weighted by molar-refractivity contribution is -0.0891. The van der Waals surface area contributed by atoms with E-state index >= 15 is 0 Å². The highest BCUT2D eigenvalue weighted by atomic mass is 32.2. The molecular formula is C23H27FN4O5S. The van der Waals surface area contributed by atoms with Gasteiger partial charge < -0.3 is 14.6 Å². The first-order chi connectivity index (χ1) is 16.4. The van der Waals surface area contributed by atoms with E-state index in [0.717, 1.165) is 0 Å². The molecule has 4 rings (SSSR count). The number of benzene rings is 2. The van der Waals surface area contributed by atoms with Crippen LogP contribution in [0.5, 0.6) is 5.75 Å². The molecule has 1 fully saturated rings. The van der Waals surface area contributed by atoms with Gasteiger partial charge in [0.25, 0.3) is 0 Å². The zero-order chi connectivity index (χ0) is 24.1. The lowest BCUT2D eigenvalue weighted by Gasteiger charge is -2.36. The van der Waals surface area contributed by atoms with Crippen molar-refractivity contribution in [1.82, 2.24) is 19.7 Å². The average molecular weight is 491 g/mol. The molecule has 2 heterocycles. The van der Waals surface area contributed by atoms with E-state index < -0.39 is 22.2 Å². The second-order valence-corrected chi connectivity index (χ2v) is 9.81. The number of nitrogens with one attached hydrogen (secondary N) is 1. The molecule has 34 heavy (non-hydrogen) atoms. The van der Waals surface area contributed by atoms with Crippen LogP contribution in [0.4, 0.5) is 4.39 Å². The molecule has 0 unspecified atom stereocenters. The summed E-state index contributed by atoms with van der Waals surface area (Å²) in [6, 6.07) is 11.9. The summed E-state index contributed by atoms with van der Waals surface area (Å²) in [6.07, 6.45) is 2.55. The SMILES string of the molecule is COc1ccc(S(=O)(=O)N[C@H]2CC[C@H](CCn3cc(-c4ccccc4F)nn3)O[C@H]2CO)cc1. The Balaban J connectivity index is 1.33. The predicted molar refractivity (Wildman–Crippen MR) is 122 cm³/mol. The smallest absolute Gasteiger partial charge is 0.240 e. The molecule has 3 aromatic rings. The number of aryl methyl sites for hydroxylation is 1. The third-order valence-corrected chi connectivity index (χ3v) is 7.35. The maximum absolute atomic E-state index is 14.0. The minimum atomic E-state index is -3.78. The van der Waals surface area contributed by atoms with Crippen molar-refractivity contribution < 1.29 is 27.4 Å². The van der Waals surface area contributed by atoms with Crippen LogP contribution in [0.15, 0.2) is 59.6 Å². The molecule has 1 aliphatic rings. The van der Waals surface area contributed by atoms with E-state index in [4.69, 9.17) is 9.47 Å². The van der Waals surface area contributed by atoms with Crippen molar-refractivity contribution >= 4 is 10.0 Å². The van der Waals surface area contributed by atoms with E-state index in [2.05, 4.69) is 15.0 Å². The van der Waals surface area contributed by atoms with Crippen LogP contribution in [0.25, 0.3) is 11.3 Å². The monoisotopic (exact) mass is 490 g/mol. The van der Waals surface area contributed by atoms with Gasteiger partial charge in [0.1, 0.15) is 17.3 Å². The van der Waals surface area contributed by atoms with Gasteiger partial charge >= 0.3 is 0 Å². The van der Waals surface area contributed by atoms with Crippen molar-refractivity contribution in [2.24, 2.45) is 0 Å². The Bertz CT molecular complexity index is 1200. The van der Waals surface area contributed by atoms with Crippen LogP contribution in [-0.2, 0) is 21.3 Å². The fourth-order valence-electron chi connectivity index (χ4n) is 3.98. The van der Waals surface area contributed by atoms with Gasteiger partial charge in [0, 0.05) is 12.1 Å². The molecule has 1 aromatic heterocycles. The molecule has 182 valence electrons. The number of aliphatic hydroxyl groups is 1.